The standard InChI is InChI=1S/C18H28F2N4O/c1-3-21-18(23-13-14(2)24-9-11-25-12-10-24)22-8-7-15-5-4-6-16(19)17(15)20/h4-6,14H,3,7-13H2,1-2H3,(H2,21,22,23). The van der Waals surface area contributed by atoms with E-state index in [4.69, 9.17) is 4.74 Å². The number of ether oxygens (including phenoxy) is 1. The fourth-order valence-electron chi connectivity index (χ4n) is 2.76. The van der Waals surface area contributed by atoms with E-state index in [2.05, 4.69) is 27.4 Å². The molecule has 0 spiro atoms. The van der Waals surface area contributed by atoms with Gasteiger partial charge in [0.05, 0.1) is 19.8 Å². The highest BCUT2D eigenvalue weighted by atomic mass is 19.2. The van der Waals surface area contributed by atoms with Crippen molar-refractivity contribution in [1.82, 2.24) is 15.5 Å². The number of halogens is 2. The van der Waals surface area contributed by atoms with Crippen LogP contribution in [0.4, 0.5) is 8.78 Å². The van der Waals surface area contributed by atoms with Crippen LogP contribution in [0.25, 0.3) is 0 Å². The normalized spacial score (nSPS) is 17.4. The Morgan fingerprint density at radius 1 is 1.28 bits per heavy atom. The maximum Gasteiger partial charge on any atom is 0.191 e. The van der Waals surface area contributed by atoms with Crippen molar-refractivity contribution < 1.29 is 13.5 Å². The van der Waals surface area contributed by atoms with Gasteiger partial charge in [-0.15, -0.1) is 0 Å². The van der Waals surface area contributed by atoms with Gasteiger partial charge < -0.3 is 15.4 Å². The lowest BCUT2D eigenvalue weighted by Gasteiger charge is -2.31. The minimum atomic E-state index is -0.808. The van der Waals surface area contributed by atoms with Crippen LogP contribution in [0.5, 0.6) is 0 Å². The summed E-state index contributed by atoms with van der Waals surface area (Å²) in [5.41, 5.74) is 0.366. The molecule has 25 heavy (non-hydrogen) atoms. The van der Waals surface area contributed by atoms with Crippen LogP contribution in [0.1, 0.15) is 19.4 Å². The van der Waals surface area contributed by atoms with Crippen LogP contribution < -0.4 is 10.6 Å². The van der Waals surface area contributed by atoms with Crippen LogP contribution in [0, 0.1) is 11.6 Å². The van der Waals surface area contributed by atoms with Gasteiger partial charge in [-0.3, -0.25) is 9.89 Å². The molecule has 0 saturated carbocycles. The van der Waals surface area contributed by atoms with Crippen molar-refractivity contribution in [3.05, 3.63) is 35.4 Å². The van der Waals surface area contributed by atoms with Crippen LogP contribution in [-0.2, 0) is 11.2 Å². The average Bonchev–Trinajstić information content (AvgIpc) is 2.63. The molecule has 5 nitrogen and oxygen atoms in total. The molecule has 1 aliphatic heterocycles. The number of aliphatic imine (C=N–C) groups is 1. The van der Waals surface area contributed by atoms with Gasteiger partial charge >= 0.3 is 0 Å². The summed E-state index contributed by atoms with van der Waals surface area (Å²) in [5.74, 6) is -0.885. The van der Waals surface area contributed by atoms with Crippen LogP contribution in [-0.4, -0.2) is 62.8 Å². The fourth-order valence-corrected chi connectivity index (χ4v) is 2.76. The minimum absolute atomic E-state index is 0.333. The van der Waals surface area contributed by atoms with Gasteiger partial charge in [0.25, 0.3) is 0 Å². The molecule has 2 rings (SSSR count). The molecule has 0 aromatic heterocycles. The molecule has 140 valence electrons. The Kier molecular flexibility index (Phi) is 8.08. The van der Waals surface area contributed by atoms with Crippen LogP contribution in [0.15, 0.2) is 23.2 Å². The van der Waals surface area contributed by atoms with Crippen LogP contribution in [0.2, 0.25) is 0 Å². The third-order valence-electron chi connectivity index (χ3n) is 4.25. The Morgan fingerprint density at radius 3 is 2.76 bits per heavy atom. The number of hydrogen-bond acceptors (Lipinski definition) is 3. The highest BCUT2D eigenvalue weighted by Gasteiger charge is 2.16. The van der Waals surface area contributed by atoms with Gasteiger partial charge in [-0.25, -0.2) is 8.78 Å². The predicted octanol–water partition coefficient (Wildman–Crippen LogP) is 1.78. The van der Waals surface area contributed by atoms with E-state index in [9.17, 15) is 8.78 Å². The first-order chi connectivity index (χ1) is 12.1. The highest BCUT2D eigenvalue weighted by molar-refractivity contribution is 5.79. The van der Waals surface area contributed by atoms with Crippen molar-refractivity contribution in [2.75, 3.05) is 45.9 Å². The number of morpholine rings is 1. The lowest BCUT2D eigenvalue weighted by Crippen LogP contribution is -2.44. The van der Waals surface area contributed by atoms with Crippen molar-refractivity contribution in [2.24, 2.45) is 4.99 Å². The van der Waals surface area contributed by atoms with E-state index >= 15 is 0 Å². The summed E-state index contributed by atoms with van der Waals surface area (Å²) >= 11 is 0. The number of benzene rings is 1. The molecule has 0 radical (unpaired) electrons. The summed E-state index contributed by atoms with van der Waals surface area (Å²) in [6.45, 7) is 9.44. The zero-order valence-corrected chi connectivity index (χ0v) is 15.0. The molecule has 1 heterocycles. The van der Waals surface area contributed by atoms with Crippen molar-refractivity contribution >= 4 is 5.96 Å². The minimum Gasteiger partial charge on any atom is -0.379 e. The topological polar surface area (TPSA) is 48.9 Å². The zero-order valence-electron chi connectivity index (χ0n) is 15.0. The molecular weight excluding hydrogens is 326 g/mol. The Hall–Kier alpha value is -1.73. The first kappa shape index (κ1) is 19.6. The Labute approximate surface area is 148 Å². The average molecular weight is 354 g/mol. The summed E-state index contributed by atoms with van der Waals surface area (Å²) in [6.07, 6.45) is 0.396. The van der Waals surface area contributed by atoms with Crippen molar-refractivity contribution in [1.29, 1.82) is 0 Å². The molecule has 1 saturated heterocycles. The summed E-state index contributed by atoms with van der Waals surface area (Å²) in [4.78, 5) is 6.96. The molecule has 1 atom stereocenters. The highest BCUT2D eigenvalue weighted by Crippen LogP contribution is 2.11. The summed E-state index contributed by atoms with van der Waals surface area (Å²) < 4.78 is 32.3. The zero-order chi connectivity index (χ0) is 18.1. The molecular formula is C18H28F2N4O. The molecule has 1 aromatic carbocycles. The maximum atomic E-state index is 13.7. The summed E-state index contributed by atoms with van der Waals surface area (Å²) in [6, 6.07) is 4.59. The van der Waals surface area contributed by atoms with Gasteiger partial charge in [0.1, 0.15) is 0 Å². The molecule has 2 N–H and O–H groups in total. The Balaban J connectivity index is 1.83. The Bertz CT molecular complexity index is 562. The van der Waals surface area contributed by atoms with Crippen LogP contribution in [0.3, 0.4) is 0 Å². The quantitative estimate of drug-likeness (QED) is 0.579. The molecule has 1 unspecified atom stereocenters. The van der Waals surface area contributed by atoms with Crippen molar-refractivity contribution in [2.45, 2.75) is 26.3 Å². The van der Waals surface area contributed by atoms with E-state index in [0.29, 0.717) is 37.1 Å². The van der Waals surface area contributed by atoms with E-state index in [1.165, 1.54) is 6.07 Å². The van der Waals surface area contributed by atoms with E-state index in [-0.39, 0.29) is 0 Å². The second-order valence-electron chi connectivity index (χ2n) is 6.11. The summed E-state index contributed by atoms with van der Waals surface area (Å²) in [5, 5.41) is 6.36. The number of rotatable bonds is 7. The molecule has 1 aromatic rings. The van der Waals surface area contributed by atoms with Crippen LogP contribution >= 0.6 is 0 Å². The van der Waals surface area contributed by atoms with E-state index in [1.807, 2.05) is 6.92 Å². The lowest BCUT2D eigenvalue weighted by molar-refractivity contribution is 0.0220. The fraction of sp³-hybridized carbons (Fsp3) is 0.611. The van der Waals surface area contributed by atoms with Crippen molar-refractivity contribution in [3.63, 3.8) is 0 Å². The van der Waals surface area contributed by atoms with Gasteiger partial charge in [0, 0.05) is 32.2 Å². The van der Waals surface area contributed by atoms with Gasteiger partial charge in [0.15, 0.2) is 17.6 Å². The number of nitrogens with zero attached hydrogens (tertiary/aromatic N) is 2. The first-order valence-corrected chi connectivity index (χ1v) is 8.88. The largest absolute Gasteiger partial charge is 0.379 e. The van der Waals surface area contributed by atoms with Gasteiger partial charge in [-0.2, -0.15) is 0 Å². The maximum absolute atomic E-state index is 13.7. The SMILES string of the molecule is CCNC(=NCC(C)N1CCOCC1)NCCc1cccc(F)c1F. The molecule has 0 amide bonds. The second kappa shape index (κ2) is 10.3. The smallest absolute Gasteiger partial charge is 0.191 e. The third-order valence-corrected chi connectivity index (χ3v) is 4.25. The molecule has 1 aliphatic rings. The third kappa shape index (κ3) is 6.25. The van der Waals surface area contributed by atoms with E-state index in [0.717, 1.165) is 38.9 Å². The molecule has 0 bridgehead atoms. The number of nitrogens with one attached hydrogen (secondary N) is 2. The van der Waals surface area contributed by atoms with E-state index < -0.39 is 11.6 Å². The van der Waals surface area contributed by atoms with Gasteiger partial charge in [-0.1, -0.05) is 12.1 Å². The second-order valence-corrected chi connectivity index (χ2v) is 6.11. The lowest BCUT2D eigenvalue weighted by atomic mass is 10.1. The van der Waals surface area contributed by atoms with Crippen molar-refractivity contribution in [3.8, 4) is 0 Å². The van der Waals surface area contributed by atoms with E-state index in [1.54, 1.807) is 6.07 Å². The van der Waals surface area contributed by atoms with Gasteiger partial charge in [0.2, 0.25) is 0 Å². The molecule has 1 fully saturated rings. The van der Waals surface area contributed by atoms with Gasteiger partial charge in [-0.05, 0) is 31.9 Å². The Morgan fingerprint density at radius 2 is 2.04 bits per heavy atom. The molecule has 7 heteroatoms. The first-order valence-electron chi connectivity index (χ1n) is 8.88. The number of guanidine groups is 1. The molecule has 0 aliphatic carbocycles. The number of hydrogen-bond donors (Lipinski definition) is 2. The predicted molar refractivity (Wildman–Crippen MR) is 95.9 cm³/mol. The monoisotopic (exact) mass is 354 g/mol. The summed E-state index contributed by atoms with van der Waals surface area (Å²) in [7, 11) is 0.